The van der Waals surface area contributed by atoms with Gasteiger partial charge < -0.3 is 19.7 Å². The number of aliphatic imine (C=N–C) groups is 1. The first-order chi connectivity index (χ1) is 12.2. The number of hydrogen-bond acceptors (Lipinski definition) is 4. The second kappa shape index (κ2) is 11.6. The summed E-state index contributed by atoms with van der Waals surface area (Å²) in [5, 5.41) is 3.36. The lowest BCUT2D eigenvalue weighted by molar-refractivity contribution is 0.322. The summed E-state index contributed by atoms with van der Waals surface area (Å²) in [6.45, 7) is 3.89. The molecule has 1 aromatic carbocycles. The molecule has 0 aliphatic heterocycles. The summed E-state index contributed by atoms with van der Waals surface area (Å²) in [5.74, 6) is 2.32. The fourth-order valence-corrected chi connectivity index (χ4v) is 2.46. The summed E-state index contributed by atoms with van der Waals surface area (Å²) in [5.41, 5.74) is 2.19. The number of hydrogen-bond donors (Lipinski definition) is 1. The van der Waals surface area contributed by atoms with E-state index < -0.39 is 0 Å². The maximum atomic E-state index is 5.56. The normalized spacial score (nSPS) is 10.7. The predicted octanol–water partition coefficient (Wildman–Crippen LogP) is 3.31. The van der Waals surface area contributed by atoms with E-state index in [-0.39, 0.29) is 24.0 Å². The summed E-state index contributed by atoms with van der Waals surface area (Å²) in [6.07, 6.45) is 1.74. The molecule has 0 saturated heterocycles. The minimum absolute atomic E-state index is 0. The van der Waals surface area contributed by atoms with Gasteiger partial charge >= 0.3 is 0 Å². The Bertz CT molecular complexity index is 692. The Morgan fingerprint density at radius 1 is 1.23 bits per heavy atom. The number of methoxy groups -OCH3 is 1. The lowest BCUT2D eigenvalue weighted by atomic mass is 10.2. The highest BCUT2D eigenvalue weighted by molar-refractivity contribution is 14.0. The van der Waals surface area contributed by atoms with Crippen molar-refractivity contribution in [2.75, 3.05) is 27.8 Å². The second-order valence-electron chi connectivity index (χ2n) is 5.51. The Balaban J connectivity index is 0.00000338. The standard InChI is InChI=1S/C19H26N4O2.HI/c1-5-25-18-16(7-6-12-21-18)13-22-19(20-2)23(3)14-15-8-10-17(24-4)11-9-15;/h6-12H,5,13-14H2,1-4H3,(H,20,22);1H. The molecule has 0 radical (unpaired) electrons. The van der Waals surface area contributed by atoms with E-state index in [0.717, 1.165) is 23.8 Å². The van der Waals surface area contributed by atoms with Crippen molar-refractivity contribution in [3.63, 3.8) is 0 Å². The molecule has 2 rings (SSSR count). The van der Waals surface area contributed by atoms with Crippen LogP contribution in [0.2, 0.25) is 0 Å². The van der Waals surface area contributed by atoms with Crippen molar-refractivity contribution in [3.8, 4) is 11.6 Å². The Morgan fingerprint density at radius 3 is 2.58 bits per heavy atom. The number of halogens is 1. The highest BCUT2D eigenvalue weighted by Gasteiger charge is 2.09. The molecule has 0 spiro atoms. The zero-order chi connectivity index (χ0) is 18.1. The fourth-order valence-electron chi connectivity index (χ4n) is 2.46. The largest absolute Gasteiger partial charge is 0.497 e. The van der Waals surface area contributed by atoms with Crippen molar-refractivity contribution in [2.24, 2.45) is 4.99 Å². The maximum absolute atomic E-state index is 5.56. The molecule has 1 N–H and O–H groups in total. The van der Waals surface area contributed by atoms with E-state index >= 15 is 0 Å². The van der Waals surface area contributed by atoms with Gasteiger partial charge in [-0.15, -0.1) is 24.0 Å². The first-order valence-corrected chi connectivity index (χ1v) is 8.29. The number of nitrogens with one attached hydrogen (secondary N) is 1. The molecular weight excluding hydrogens is 443 g/mol. The summed E-state index contributed by atoms with van der Waals surface area (Å²) in [6, 6.07) is 11.9. The van der Waals surface area contributed by atoms with Crippen molar-refractivity contribution in [1.29, 1.82) is 0 Å². The number of aromatic nitrogens is 1. The van der Waals surface area contributed by atoms with E-state index in [4.69, 9.17) is 9.47 Å². The van der Waals surface area contributed by atoms with Crippen LogP contribution in [-0.2, 0) is 13.1 Å². The molecular formula is C19H27IN4O2. The van der Waals surface area contributed by atoms with Gasteiger partial charge in [0.1, 0.15) is 5.75 Å². The van der Waals surface area contributed by atoms with E-state index in [1.54, 1.807) is 20.4 Å². The van der Waals surface area contributed by atoms with E-state index in [1.807, 2.05) is 38.2 Å². The van der Waals surface area contributed by atoms with Crippen molar-refractivity contribution < 1.29 is 9.47 Å². The molecule has 2 aromatic rings. The van der Waals surface area contributed by atoms with Gasteiger partial charge in [0.05, 0.1) is 13.7 Å². The lowest BCUT2D eigenvalue weighted by Gasteiger charge is -2.22. The fraction of sp³-hybridized carbons (Fsp3) is 0.368. The quantitative estimate of drug-likeness (QED) is 0.382. The van der Waals surface area contributed by atoms with Crippen LogP contribution in [0.4, 0.5) is 0 Å². The third kappa shape index (κ3) is 6.36. The maximum Gasteiger partial charge on any atom is 0.218 e. The average Bonchev–Trinajstić information content (AvgIpc) is 2.64. The van der Waals surface area contributed by atoms with Crippen molar-refractivity contribution >= 4 is 29.9 Å². The van der Waals surface area contributed by atoms with Crippen LogP contribution in [0.5, 0.6) is 11.6 Å². The van der Waals surface area contributed by atoms with Gasteiger partial charge in [-0.25, -0.2) is 4.98 Å². The van der Waals surface area contributed by atoms with Crippen LogP contribution in [0, 0.1) is 0 Å². The molecule has 0 unspecified atom stereocenters. The predicted molar refractivity (Wildman–Crippen MR) is 115 cm³/mol. The third-order valence-electron chi connectivity index (χ3n) is 3.72. The van der Waals surface area contributed by atoms with Crippen LogP contribution in [-0.4, -0.2) is 43.7 Å². The molecule has 0 aliphatic rings. The third-order valence-corrected chi connectivity index (χ3v) is 3.72. The van der Waals surface area contributed by atoms with Crippen LogP contribution in [0.15, 0.2) is 47.6 Å². The van der Waals surface area contributed by atoms with Crippen molar-refractivity contribution in [2.45, 2.75) is 20.0 Å². The highest BCUT2D eigenvalue weighted by atomic mass is 127. The smallest absolute Gasteiger partial charge is 0.218 e. The minimum atomic E-state index is 0. The van der Waals surface area contributed by atoms with Crippen LogP contribution >= 0.6 is 24.0 Å². The lowest BCUT2D eigenvalue weighted by Crippen LogP contribution is -2.38. The average molecular weight is 470 g/mol. The topological polar surface area (TPSA) is 59.0 Å². The molecule has 0 amide bonds. The van der Waals surface area contributed by atoms with E-state index in [1.165, 1.54) is 5.56 Å². The molecule has 0 saturated carbocycles. The van der Waals surface area contributed by atoms with E-state index in [2.05, 4.69) is 32.3 Å². The summed E-state index contributed by atoms with van der Waals surface area (Å²) in [4.78, 5) is 10.7. The summed E-state index contributed by atoms with van der Waals surface area (Å²) in [7, 11) is 5.45. The molecule has 0 fully saturated rings. The molecule has 0 atom stereocenters. The Morgan fingerprint density at radius 2 is 1.96 bits per heavy atom. The minimum Gasteiger partial charge on any atom is -0.497 e. The molecule has 0 aliphatic carbocycles. The van der Waals surface area contributed by atoms with Crippen LogP contribution in [0.25, 0.3) is 0 Å². The second-order valence-corrected chi connectivity index (χ2v) is 5.51. The number of ether oxygens (including phenoxy) is 2. The summed E-state index contributed by atoms with van der Waals surface area (Å²) < 4.78 is 10.8. The highest BCUT2D eigenvalue weighted by Crippen LogP contribution is 2.15. The van der Waals surface area contributed by atoms with Gasteiger partial charge in [0.2, 0.25) is 5.88 Å². The molecule has 142 valence electrons. The first-order valence-electron chi connectivity index (χ1n) is 8.29. The molecule has 0 bridgehead atoms. The van der Waals surface area contributed by atoms with Crippen molar-refractivity contribution in [3.05, 3.63) is 53.7 Å². The number of nitrogens with zero attached hydrogens (tertiary/aromatic N) is 3. The molecule has 1 aromatic heterocycles. The molecule has 1 heterocycles. The van der Waals surface area contributed by atoms with Gasteiger partial charge in [-0.3, -0.25) is 4.99 Å². The number of benzene rings is 1. The summed E-state index contributed by atoms with van der Waals surface area (Å²) >= 11 is 0. The Labute approximate surface area is 172 Å². The van der Waals surface area contributed by atoms with Crippen molar-refractivity contribution in [1.82, 2.24) is 15.2 Å². The molecule has 26 heavy (non-hydrogen) atoms. The monoisotopic (exact) mass is 470 g/mol. The van der Waals surface area contributed by atoms with Gasteiger partial charge in [-0.2, -0.15) is 0 Å². The zero-order valence-corrected chi connectivity index (χ0v) is 18.1. The van der Waals surface area contributed by atoms with Gasteiger partial charge in [-0.1, -0.05) is 18.2 Å². The van der Waals surface area contributed by atoms with Gasteiger partial charge in [-0.05, 0) is 30.7 Å². The SMILES string of the molecule is CCOc1ncccc1CNC(=NC)N(C)Cc1ccc(OC)cc1.I. The number of pyridine rings is 1. The molecule has 7 heteroatoms. The number of guanidine groups is 1. The van der Waals surface area contributed by atoms with Gasteiger partial charge in [0.15, 0.2) is 5.96 Å². The van der Waals surface area contributed by atoms with Crippen LogP contribution in [0.1, 0.15) is 18.1 Å². The first kappa shape index (κ1) is 22.0. The zero-order valence-electron chi connectivity index (χ0n) is 15.7. The number of rotatable bonds is 7. The Hall–Kier alpha value is -2.03. The molecule has 6 nitrogen and oxygen atoms in total. The van der Waals surface area contributed by atoms with E-state index in [0.29, 0.717) is 19.0 Å². The van der Waals surface area contributed by atoms with E-state index in [9.17, 15) is 0 Å². The van der Waals surface area contributed by atoms with Gasteiger partial charge in [0, 0.05) is 38.9 Å². The Kier molecular flexibility index (Phi) is 9.79. The van der Waals surface area contributed by atoms with Crippen LogP contribution < -0.4 is 14.8 Å². The van der Waals surface area contributed by atoms with Crippen LogP contribution in [0.3, 0.4) is 0 Å². The van der Waals surface area contributed by atoms with Gasteiger partial charge in [0.25, 0.3) is 0 Å².